The maximum atomic E-state index is 14.2. The van der Waals surface area contributed by atoms with Crippen molar-refractivity contribution in [2.75, 3.05) is 44.0 Å². The molecule has 0 atom stereocenters. The molecule has 4 rings (SSSR count). The molecule has 0 unspecified atom stereocenters. The summed E-state index contributed by atoms with van der Waals surface area (Å²) < 4.78 is 13.4. The van der Waals surface area contributed by atoms with E-state index in [4.69, 9.17) is 9.47 Å². The van der Waals surface area contributed by atoms with Crippen LogP contribution in [0.3, 0.4) is 0 Å². The number of nitrogens with zero attached hydrogens (tertiary/aromatic N) is 3. The van der Waals surface area contributed by atoms with Gasteiger partial charge >= 0.3 is 6.03 Å². The van der Waals surface area contributed by atoms with Gasteiger partial charge in [-0.15, -0.1) is 0 Å². The Kier molecular flexibility index (Phi) is 12.4. The number of unbranched alkanes of at least 4 members (excludes halogenated alkanes) is 1. The number of hydrogen-bond acceptors (Lipinski definition) is 6. The highest BCUT2D eigenvalue weighted by atomic mass is 16.5. The average molecular weight is 642 g/mol. The Balaban J connectivity index is 1.79. The summed E-state index contributed by atoms with van der Waals surface area (Å²) in [6.45, 7) is 18.7. The van der Waals surface area contributed by atoms with Crippen LogP contribution in [-0.4, -0.2) is 53.8 Å². The maximum Gasteiger partial charge on any atom is 0.323 e. The van der Waals surface area contributed by atoms with Gasteiger partial charge in [-0.3, -0.25) is 9.36 Å². The molecule has 2 heterocycles. The second-order valence-corrected chi connectivity index (χ2v) is 12.4. The monoisotopic (exact) mass is 641 g/mol. The molecule has 0 saturated heterocycles. The summed E-state index contributed by atoms with van der Waals surface area (Å²) in [6, 6.07) is 14.8. The van der Waals surface area contributed by atoms with Crippen molar-refractivity contribution in [2.24, 2.45) is 0 Å². The van der Waals surface area contributed by atoms with Crippen molar-refractivity contribution in [1.82, 2.24) is 14.5 Å². The van der Waals surface area contributed by atoms with Gasteiger partial charge in [-0.1, -0.05) is 67.0 Å². The normalized spacial score (nSPS) is 11.5. The quantitative estimate of drug-likeness (QED) is 0.135. The molecule has 0 aliphatic rings. The maximum absolute atomic E-state index is 14.2. The number of pyridine rings is 2. The van der Waals surface area contributed by atoms with Crippen LogP contribution in [0, 0.1) is 0 Å². The van der Waals surface area contributed by atoms with Crippen LogP contribution in [0.1, 0.15) is 84.3 Å². The fourth-order valence-electron chi connectivity index (χ4n) is 5.89. The number of amides is 2. The number of urea groups is 1. The minimum atomic E-state index is -0.490. The van der Waals surface area contributed by atoms with Crippen LogP contribution in [0.5, 0.6) is 11.5 Å². The van der Waals surface area contributed by atoms with Crippen LogP contribution in [0.2, 0.25) is 0 Å². The molecule has 2 amide bonds. The zero-order valence-electron chi connectivity index (χ0n) is 29.3. The third kappa shape index (κ3) is 8.32. The van der Waals surface area contributed by atoms with E-state index >= 15 is 0 Å². The lowest BCUT2D eigenvalue weighted by molar-refractivity contribution is 0.222. The molecule has 0 radical (unpaired) electrons. The number of methoxy groups -OCH3 is 1. The molecule has 252 valence electrons. The minimum Gasteiger partial charge on any atom is -0.497 e. The van der Waals surface area contributed by atoms with Crippen molar-refractivity contribution in [1.29, 1.82) is 0 Å². The molecule has 9 heteroatoms. The number of likely N-dealkylation sites (N-methyl/N-ethyl adjacent to an activating group) is 1. The molecule has 2 N–H and O–H groups in total. The Morgan fingerprint density at radius 1 is 0.915 bits per heavy atom. The summed E-state index contributed by atoms with van der Waals surface area (Å²) in [6.07, 6.45) is 3.40. The van der Waals surface area contributed by atoms with Gasteiger partial charge < -0.3 is 25.0 Å². The van der Waals surface area contributed by atoms with E-state index in [1.54, 1.807) is 17.9 Å². The number of carbonyl (C=O) groups excluding carboxylic acids is 1. The minimum absolute atomic E-state index is 0.111. The van der Waals surface area contributed by atoms with Crippen LogP contribution in [0.25, 0.3) is 22.2 Å². The molecule has 2 aromatic carbocycles. The van der Waals surface area contributed by atoms with E-state index in [2.05, 4.69) is 69.0 Å². The van der Waals surface area contributed by atoms with Crippen molar-refractivity contribution in [3.63, 3.8) is 0 Å². The number of fused-ring (bicyclic) bond motifs is 1. The predicted octanol–water partition coefficient (Wildman–Crippen LogP) is 8.48. The fourth-order valence-corrected chi connectivity index (χ4v) is 5.89. The van der Waals surface area contributed by atoms with E-state index < -0.39 is 6.03 Å². The van der Waals surface area contributed by atoms with Crippen molar-refractivity contribution in [3.8, 4) is 22.6 Å². The molecule has 0 bridgehead atoms. The Labute approximate surface area is 279 Å². The first kappa shape index (κ1) is 35.5. The zero-order chi connectivity index (χ0) is 34.1. The molecule has 4 aromatic rings. The number of nitrogens with one attached hydrogen (secondary N) is 2. The molecule has 2 aromatic heterocycles. The van der Waals surface area contributed by atoms with E-state index in [0.29, 0.717) is 30.1 Å². The topological polar surface area (TPSA) is 97.7 Å². The second-order valence-electron chi connectivity index (χ2n) is 12.4. The van der Waals surface area contributed by atoms with Crippen LogP contribution in [-0.2, 0) is 6.54 Å². The standard InChI is InChI=1S/C38H51N5O4/c1-9-12-19-43-36-30(17-14-18-39-36)33(27-15-13-16-28(22-27)46-8)35(37(43)44)41-38(45)40-34-31(25(4)5)23-29(24-32(34)26(6)7)47-21-20-42(10-2)11-3/h13-18,22-26H,9-12,19-21H2,1-8H3,(H2,40,41,45). The van der Waals surface area contributed by atoms with Crippen molar-refractivity contribution >= 4 is 28.4 Å². The Morgan fingerprint density at radius 3 is 2.21 bits per heavy atom. The molecular formula is C38H51N5O4. The lowest BCUT2D eigenvalue weighted by atomic mass is 9.92. The van der Waals surface area contributed by atoms with Gasteiger partial charge in [-0.2, -0.15) is 0 Å². The summed E-state index contributed by atoms with van der Waals surface area (Å²) in [5.41, 5.74) is 4.50. The third-order valence-electron chi connectivity index (χ3n) is 8.58. The number of rotatable bonds is 15. The number of carbonyl (C=O) groups is 1. The van der Waals surface area contributed by atoms with Gasteiger partial charge in [0.1, 0.15) is 29.4 Å². The molecule has 0 aliphatic carbocycles. The van der Waals surface area contributed by atoms with Gasteiger partial charge in [-0.05, 0) is 84.4 Å². The Morgan fingerprint density at radius 2 is 1.60 bits per heavy atom. The first-order valence-electron chi connectivity index (χ1n) is 16.9. The lowest BCUT2D eigenvalue weighted by Crippen LogP contribution is -2.30. The molecule has 0 aliphatic heterocycles. The molecule has 47 heavy (non-hydrogen) atoms. The number of aryl methyl sites for hydroxylation is 1. The average Bonchev–Trinajstić information content (AvgIpc) is 3.07. The molecule has 0 saturated carbocycles. The summed E-state index contributed by atoms with van der Waals surface area (Å²) >= 11 is 0. The third-order valence-corrected chi connectivity index (χ3v) is 8.58. The van der Waals surface area contributed by atoms with Gasteiger partial charge in [0.15, 0.2) is 0 Å². The molecule has 9 nitrogen and oxygen atoms in total. The highest BCUT2D eigenvalue weighted by Crippen LogP contribution is 2.38. The predicted molar refractivity (Wildman–Crippen MR) is 193 cm³/mol. The first-order valence-corrected chi connectivity index (χ1v) is 16.9. The SMILES string of the molecule is CCCCn1c(=O)c(NC(=O)Nc2c(C(C)C)cc(OCCN(CC)CC)cc2C(C)C)c(-c2cccc(OC)c2)c2cccnc21. The van der Waals surface area contributed by atoms with E-state index in [9.17, 15) is 9.59 Å². The van der Waals surface area contributed by atoms with Gasteiger partial charge in [0.05, 0.1) is 7.11 Å². The first-order chi connectivity index (χ1) is 22.6. The Hall–Kier alpha value is -4.37. The highest BCUT2D eigenvalue weighted by molar-refractivity contribution is 6.08. The number of hydrogen-bond donors (Lipinski definition) is 2. The van der Waals surface area contributed by atoms with Gasteiger partial charge in [0, 0.05) is 35.9 Å². The van der Waals surface area contributed by atoms with Crippen molar-refractivity contribution in [3.05, 3.63) is 76.2 Å². The van der Waals surface area contributed by atoms with Crippen LogP contribution >= 0.6 is 0 Å². The van der Waals surface area contributed by atoms with Gasteiger partial charge in [0.2, 0.25) is 0 Å². The van der Waals surface area contributed by atoms with E-state index in [0.717, 1.165) is 66.0 Å². The smallest absolute Gasteiger partial charge is 0.323 e. The van der Waals surface area contributed by atoms with Crippen molar-refractivity contribution in [2.45, 2.75) is 79.7 Å². The zero-order valence-corrected chi connectivity index (χ0v) is 29.3. The second kappa shape index (κ2) is 16.5. The Bertz CT molecular complexity index is 1700. The summed E-state index contributed by atoms with van der Waals surface area (Å²) in [5.74, 6) is 1.66. The lowest BCUT2D eigenvalue weighted by Gasteiger charge is -2.24. The van der Waals surface area contributed by atoms with E-state index in [1.807, 2.05) is 48.5 Å². The van der Waals surface area contributed by atoms with E-state index in [-0.39, 0.29) is 23.1 Å². The molecular weight excluding hydrogens is 590 g/mol. The molecule has 0 spiro atoms. The van der Waals surface area contributed by atoms with Crippen LogP contribution in [0.15, 0.2) is 59.5 Å². The largest absolute Gasteiger partial charge is 0.497 e. The van der Waals surface area contributed by atoms with Gasteiger partial charge in [-0.25, -0.2) is 9.78 Å². The summed E-state index contributed by atoms with van der Waals surface area (Å²) in [4.78, 5) is 35.2. The number of aromatic nitrogens is 2. The molecule has 0 fully saturated rings. The fraction of sp³-hybridized carbons (Fsp3) is 0.447. The highest BCUT2D eigenvalue weighted by Gasteiger charge is 2.23. The van der Waals surface area contributed by atoms with Crippen LogP contribution < -0.4 is 25.7 Å². The van der Waals surface area contributed by atoms with Crippen molar-refractivity contribution < 1.29 is 14.3 Å². The van der Waals surface area contributed by atoms with Crippen LogP contribution in [0.4, 0.5) is 16.2 Å². The number of ether oxygens (including phenoxy) is 2. The van der Waals surface area contributed by atoms with Gasteiger partial charge in [0.25, 0.3) is 5.56 Å². The summed E-state index contributed by atoms with van der Waals surface area (Å²) in [5, 5.41) is 6.90. The summed E-state index contributed by atoms with van der Waals surface area (Å²) in [7, 11) is 1.61. The number of benzene rings is 2. The van der Waals surface area contributed by atoms with E-state index in [1.165, 1.54) is 0 Å². The number of anilines is 2.